The fraction of sp³-hybridized carbons (Fsp3) is 0.391. The number of morpholine rings is 1. The van der Waals surface area contributed by atoms with Gasteiger partial charge in [-0.15, -0.1) is 11.3 Å². The number of hydrogen-bond donors (Lipinski definition) is 0. The van der Waals surface area contributed by atoms with Crippen LogP contribution in [0.15, 0.2) is 41.8 Å². The topological polar surface area (TPSA) is 54.9 Å². The van der Waals surface area contributed by atoms with Crippen molar-refractivity contribution in [3.05, 3.63) is 46.7 Å². The number of benzene rings is 1. The normalized spacial score (nSPS) is 15.0. The lowest BCUT2D eigenvalue weighted by Crippen LogP contribution is -2.39. The summed E-state index contributed by atoms with van der Waals surface area (Å²) in [7, 11) is 0. The van der Waals surface area contributed by atoms with E-state index in [1.54, 1.807) is 22.3 Å². The second-order valence-electron chi connectivity index (χ2n) is 7.21. The SMILES string of the molecule is CCOc1ccc2nc(N(CCCN3CCOCC3)C(=O)/C=C/c3cccs3)sc2c1. The van der Waals surface area contributed by atoms with Gasteiger partial charge in [0.2, 0.25) is 0 Å². The molecule has 0 N–H and O–H groups in total. The zero-order chi connectivity index (χ0) is 21.5. The third-order valence-corrected chi connectivity index (χ3v) is 6.93. The number of thiazole rings is 1. The van der Waals surface area contributed by atoms with Crippen LogP contribution in [0.25, 0.3) is 16.3 Å². The summed E-state index contributed by atoms with van der Waals surface area (Å²) in [6.07, 6.45) is 4.42. The largest absolute Gasteiger partial charge is 0.494 e. The molecule has 0 unspecified atom stereocenters. The third kappa shape index (κ3) is 5.92. The summed E-state index contributed by atoms with van der Waals surface area (Å²) < 4.78 is 12.1. The molecule has 31 heavy (non-hydrogen) atoms. The standard InChI is InChI=1S/C23H27N3O3S2/c1-2-29-18-6-8-20-21(17-18)31-23(24-20)26(11-4-10-25-12-14-28-15-13-25)22(27)9-7-19-5-3-16-30-19/h3,5-9,16-17H,2,4,10-15H2,1H3/b9-7+. The molecule has 1 saturated heterocycles. The van der Waals surface area contributed by atoms with Crippen molar-refractivity contribution < 1.29 is 14.3 Å². The molecule has 1 aromatic carbocycles. The Balaban J connectivity index is 1.51. The van der Waals surface area contributed by atoms with Crippen molar-refractivity contribution >= 4 is 50.0 Å². The van der Waals surface area contributed by atoms with E-state index in [0.29, 0.717) is 13.2 Å². The summed E-state index contributed by atoms with van der Waals surface area (Å²) in [5, 5.41) is 2.74. The van der Waals surface area contributed by atoms with Crippen molar-refractivity contribution in [1.82, 2.24) is 9.88 Å². The minimum atomic E-state index is -0.0422. The molecule has 2 aromatic heterocycles. The van der Waals surface area contributed by atoms with Crippen LogP contribution in [0.3, 0.4) is 0 Å². The highest BCUT2D eigenvalue weighted by Gasteiger charge is 2.19. The average molecular weight is 458 g/mol. The van der Waals surface area contributed by atoms with Crippen molar-refractivity contribution in [2.75, 3.05) is 50.9 Å². The molecular weight excluding hydrogens is 430 g/mol. The van der Waals surface area contributed by atoms with Crippen molar-refractivity contribution in [2.24, 2.45) is 0 Å². The number of hydrogen-bond acceptors (Lipinski definition) is 7. The number of nitrogens with zero attached hydrogens (tertiary/aromatic N) is 3. The molecule has 0 atom stereocenters. The highest BCUT2D eigenvalue weighted by molar-refractivity contribution is 7.22. The number of anilines is 1. The molecule has 0 radical (unpaired) electrons. The molecule has 0 bridgehead atoms. The van der Waals surface area contributed by atoms with E-state index < -0.39 is 0 Å². The van der Waals surface area contributed by atoms with Crippen LogP contribution in [-0.4, -0.2) is 61.8 Å². The van der Waals surface area contributed by atoms with E-state index in [1.807, 2.05) is 48.7 Å². The van der Waals surface area contributed by atoms with Gasteiger partial charge in [0, 0.05) is 37.1 Å². The fourth-order valence-corrected chi connectivity index (χ4v) is 5.11. The zero-order valence-electron chi connectivity index (χ0n) is 17.7. The Bertz CT molecular complexity index is 1010. The number of thiophene rings is 1. The van der Waals surface area contributed by atoms with Gasteiger partial charge in [-0.1, -0.05) is 17.4 Å². The smallest absolute Gasteiger partial charge is 0.252 e. The number of amides is 1. The average Bonchev–Trinajstić information content (AvgIpc) is 3.45. The van der Waals surface area contributed by atoms with E-state index in [2.05, 4.69) is 4.90 Å². The Kier molecular flexibility index (Phi) is 7.69. The molecule has 1 aliphatic rings. The summed E-state index contributed by atoms with van der Waals surface area (Å²) in [6, 6.07) is 9.87. The van der Waals surface area contributed by atoms with Crippen LogP contribution in [0.2, 0.25) is 0 Å². The van der Waals surface area contributed by atoms with Gasteiger partial charge in [-0.25, -0.2) is 4.98 Å². The molecule has 0 saturated carbocycles. The quantitative estimate of drug-likeness (QED) is 0.442. The lowest BCUT2D eigenvalue weighted by atomic mass is 10.3. The van der Waals surface area contributed by atoms with Crippen molar-refractivity contribution in [3.8, 4) is 5.75 Å². The second kappa shape index (κ2) is 10.9. The minimum absolute atomic E-state index is 0.0422. The maximum absolute atomic E-state index is 13.1. The second-order valence-corrected chi connectivity index (χ2v) is 9.19. The molecule has 3 aromatic rings. The van der Waals surface area contributed by atoms with E-state index in [4.69, 9.17) is 14.5 Å². The van der Waals surface area contributed by atoms with Crippen molar-refractivity contribution in [3.63, 3.8) is 0 Å². The number of carbonyl (C=O) groups is 1. The summed E-state index contributed by atoms with van der Waals surface area (Å²) in [5.41, 5.74) is 0.886. The van der Waals surface area contributed by atoms with Crippen LogP contribution in [0.1, 0.15) is 18.2 Å². The first-order valence-electron chi connectivity index (χ1n) is 10.6. The minimum Gasteiger partial charge on any atom is -0.494 e. The first kappa shape index (κ1) is 22.0. The number of aromatic nitrogens is 1. The van der Waals surface area contributed by atoms with E-state index >= 15 is 0 Å². The molecule has 164 valence electrons. The van der Waals surface area contributed by atoms with Crippen LogP contribution in [-0.2, 0) is 9.53 Å². The predicted molar refractivity (Wildman–Crippen MR) is 128 cm³/mol. The molecule has 1 fully saturated rings. The first-order valence-corrected chi connectivity index (χ1v) is 12.3. The van der Waals surface area contributed by atoms with Gasteiger partial charge in [0.25, 0.3) is 5.91 Å². The molecule has 4 rings (SSSR count). The Morgan fingerprint density at radius 1 is 1.32 bits per heavy atom. The lowest BCUT2D eigenvalue weighted by molar-refractivity contribution is -0.114. The molecule has 1 aliphatic heterocycles. The molecule has 6 nitrogen and oxygen atoms in total. The van der Waals surface area contributed by atoms with Crippen LogP contribution in [0.4, 0.5) is 5.13 Å². The summed E-state index contributed by atoms with van der Waals surface area (Å²) in [6.45, 7) is 7.64. The van der Waals surface area contributed by atoms with E-state index in [9.17, 15) is 4.79 Å². The third-order valence-electron chi connectivity index (χ3n) is 5.05. The van der Waals surface area contributed by atoms with Gasteiger partial charge >= 0.3 is 0 Å². The fourth-order valence-electron chi connectivity index (χ4n) is 3.47. The van der Waals surface area contributed by atoms with Crippen molar-refractivity contribution in [2.45, 2.75) is 13.3 Å². The Morgan fingerprint density at radius 3 is 2.97 bits per heavy atom. The molecule has 3 heterocycles. The van der Waals surface area contributed by atoms with Crippen molar-refractivity contribution in [1.29, 1.82) is 0 Å². The van der Waals surface area contributed by atoms with Gasteiger partial charge in [-0.3, -0.25) is 14.6 Å². The van der Waals surface area contributed by atoms with Crippen LogP contribution >= 0.6 is 22.7 Å². The van der Waals surface area contributed by atoms with Gasteiger partial charge < -0.3 is 9.47 Å². The Morgan fingerprint density at radius 2 is 2.19 bits per heavy atom. The maximum atomic E-state index is 13.1. The zero-order valence-corrected chi connectivity index (χ0v) is 19.3. The predicted octanol–water partition coefficient (Wildman–Crippen LogP) is 4.53. The van der Waals surface area contributed by atoms with E-state index in [-0.39, 0.29) is 5.91 Å². The molecule has 0 aliphatic carbocycles. The van der Waals surface area contributed by atoms with Gasteiger partial charge in [0.15, 0.2) is 5.13 Å². The summed E-state index contributed by atoms with van der Waals surface area (Å²) in [4.78, 5) is 23.1. The van der Waals surface area contributed by atoms with Crippen LogP contribution in [0.5, 0.6) is 5.75 Å². The van der Waals surface area contributed by atoms with Crippen LogP contribution < -0.4 is 9.64 Å². The molecular formula is C23H27N3O3S2. The monoisotopic (exact) mass is 457 g/mol. The molecule has 0 spiro atoms. The number of carbonyl (C=O) groups excluding carboxylic acids is 1. The van der Waals surface area contributed by atoms with Gasteiger partial charge in [-0.05, 0) is 49.1 Å². The van der Waals surface area contributed by atoms with Crippen LogP contribution in [0, 0.1) is 0 Å². The summed E-state index contributed by atoms with van der Waals surface area (Å²) in [5.74, 6) is 0.785. The number of rotatable bonds is 9. The van der Waals surface area contributed by atoms with Gasteiger partial charge in [0.1, 0.15) is 5.75 Å². The van der Waals surface area contributed by atoms with Gasteiger partial charge in [-0.2, -0.15) is 0 Å². The highest BCUT2D eigenvalue weighted by Crippen LogP contribution is 2.32. The molecule has 8 heteroatoms. The lowest BCUT2D eigenvalue weighted by Gasteiger charge is -2.27. The Labute approximate surface area is 190 Å². The van der Waals surface area contributed by atoms with Gasteiger partial charge in [0.05, 0.1) is 30.0 Å². The number of fused-ring (bicyclic) bond motifs is 1. The number of ether oxygens (including phenoxy) is 2. The van der Waals surface area contributed by atoms with E-state index in [1.165, 1.54) is 11.3 Å². The summed E-state index contributed by atoms with van der Waals surface area (Å²) >= 11 is 3.15. The van der Waals surface area contributed by atoms with E-state index in [0.717, 1.165) is 65.2 Å². The highest BCUT2D eigenvalue weighted by atomic mass is 32.1. The first-order chi connectivity index (χ1) is 15.2. The Hall–Kier alpha value is -2.26. The maximum Gasteiger partial charge on any atom is 0.252 e. The molecule has 1 amide bonds.